The van der Waals surface area contributed by atoms with Crippen LogP contribution in [-0.4, -0.2) is 9.55 Å². The summed E-state index contributed by atoms with van der Waals surface area (Å²) in [5.74, 6) is 0. The second-order valence-electron chi connectivity index (χ2n) is 3.11. The van der Waals surface area contributed by atoms with E-state index in [0.717, 1.165) is 21.1 Å². The van der Waals surface area contributed by atoms with E-state index in [2.05, 4.69) is 20.9 Å². The Morgan fingerprint density at radius 1 is 1.33 bits per heavy atom. The molecule has 0 aliphatic carbocycles. The zero-order chi connectivity index (χ0) is 11.6. The lowest BCUT2D eigenvalue weighted by molar-refractivity contribution is 0.891. The van der Waals surface area contributed by atoms with E-state index in [1.165, 1.54) is 0 Å². The molecule has 1 aromatic carbocycles. The fraction of sp³-hybridized carbons (Fsp3) is 0.364. The van der Waals surface area contributed by atoms with Crippen molar-refractivity contribution in [2.75, 3.05) is 0 Å². The average Bonchev–Trinajstić information content (AvgIpc) is 2.49. The molecule has 4 heteroatoms. The topological polar surface area (TPSA) is 37.8 Å². The first-order valence-electron chi connectivity index (χ1n) is 4.94. The minimum Gasteiger partial charge on any atom is -0.306 e. The molecule has 0 saturated heterocycles. The molecule has 0 bridgehead atoms. The summed E-state index contributed by atoms with van der Waals surface area (Å²) in [5.41, 5.74) is 2.84. The van der Waals surface area contributed by atoms with Crippen molar-refractivity contribution in [1.29, 1.82) is 0 Å². The second kappa shape index (κ2) is 4.66. The minimum atomic E-state index is -0.0764. The molecular weight excluding hydrogens is 256 g/mol. The van der Waals surface area contributed by atoms with Crippen LogP contribution in [0.5, 0.6) is 0 Å². The monoisotopic (exact) mass is 270 g/mol. The lowest BCUT2D eigenvalue weighted by Gasteiger charge is -1.98. The molecule has 2 rings (SSSR count). The molecule has 0 radical (unpaired) electrons. The van der Waals surface area contributed by atoms with Crippen molar-refractivity contribution < 1.29 is 0 Å². The van der Waals surface area contributed by atoms with E-state index in [-0.39, 0.29) is 5.69 Å². The van der Waals surface area contributed by atoms with Crippen LogP contribution < -0.4 is 5.69 Å². The quantitative estimate of drug-likeness (QED) is 0.786. The summed E-state index contributed by atoms with van der Waals surface area (Å²) in [6, 6.07) is 3.91. The van der Waals surface area contributed by atoms with Gasteiger partial charge < -0.3 is 4.98 Å². The number of benzene rings is 1. The zero-order valence-corrected chi connectivity index (χ0v) is 11.0. The van der Waals surface area contributed by atoms with Crippen LogP contribution in [0, 0.1) is 6.92 Å². The van der Waals surface area contributed by atoms with Crippen LogP contribution in [0.25, 0.3) is 11.0 Å². The van der Waals surface area contributed by atoms with Gasteiger partial charge in [-0.15, -0.1) is 0 Å². The number of aryl methyl sites for hydroxylation is 2. The van der Waals surface area contributed by atoms with Crippen molar-refractivity contribution in [2.45, 2.75) is 20.8 Å². The maximum atomic E-state index is 11.3. The van der Waals surface area contributed by atoms with Gasteiger partial charge in [0.15, 0.2) is 0 Å². The van der Waals surface area contributed by atoms with Crippen molar-refractivity contribution in [1.82, 2.24) is 9.55 Å². The van der Waals surface area contributed by atoms with Crippen LogP contribution in [0.15, 0.2) is 21.4 Å². The van der Waals surface area contributed by atoms with Gasteiger partial charge in [0.25, 0.3) is 0 Å². The van der Waals surface area contributed by atoms with Gasteiger partial charge in [-0.2, -0.15) is 0 Å². The molecule has 0 aliphatic rings. The molecule has 0 spiro atoms. The van der Waals surface area contributed by atoms with Gasteiger partial charge in [-0.1, -0.05) is 29.8 Å². The fourth-order valence-corrected chi connectivity index (χ4v) is 1.69. The SMILES string of the molecule is CC.Cc1cc2[nH]c(=O)n(C)c2cc1Br. The molecule has 15 heavy (non-hydrogen) atoms. The summed E-state index contributed by atoms with van der Waals surface area (Å²) < 4.78 is 2.62. The number of halogens is 1. The Morgan fingerprint density at radius 2 is 1.93 bits per heavy atom. The van der Waals surface area contributed by atoms with Gasteiger partial charge in [-0.05, 0) is 24.6 Å². The molecule has 1 N–H and O–H groups in total. The summed E-state index contributed by atoms with van der Waals surface area (Å²) in [6.07, 6.45) is 0. The van der Waals surface area contributed by atoms with Gasteiger partial charge >= 0.3 is 5.69 Å². The summed E-state index contributed by atoms with van der Waals surface area (Å²) in [6.45, 7) is 5.99. The number of nitrogens with zero attached hydrogens (tertiary/aromatic N) is 1. The van der Waals surface area contributed by atoms with Crippen LogP contribution in [0.1, 0.15) is 19.4 Å². The number of fused-ring (bicyclic) bond motifs is 1. The number of aromatic amines is 1. The largest absolute Gasteiger partial charge is 0.326 e. The highest BCUT2D eigenvalue weighted by molar-refractivity contribution is 9.10. The van der Waals surface area contributed by atoms with Crippen molar-refractivity contribution in [3.05, 3.63) is 32.7 Å². The second-order valence-corrected chi connectivity index (χ2v) is 3.96. The van der Waals surface area contributed by atoms with Crippen molar-refractivity contribution in [2.24, 2.45) is 7.05 Å². The third kappa shape index (κ3) is 2.15. The molecule has 1 heterocycles. The van der Waals surface area contributed by atoms with E-state index in [0.29, 0.717) is 0 Å². The molecule has 0 amide bonds. The molecule has 0 aliphatic heterocycles. The van der Waals surface area contributed by atoms with Gasteiger partial charge in [0.2, 0.25) is 0 Å². The first-order chi connectivity index (χ1) is 7.09. The first-order valence-corrected chi connectivity index (χ1v) is 5.74. The summed E-state index contributed by atoms with van der Waals surface area (Å²) >= 11 is 3.43. The summed E-state index contributed by atoms with van der Waals surface area (Å²) in [7, 11) is 1.75. The number of hydrogen-bond donors (Lipinski definition) is 1. The zero-order valence-electron chi connectivity index (χ0n) is 9.39. The maximum absolute atomic E-state index is 11.3. The van der Waals surface area contributed by atoms with Crippen LogP contribution >= 0.6 is 15.9 Å². The highest BCUT2D eigenvalue weighted by atomic mass is 79.9. The van der Waals surface area contributed by atoms with E-state index < -0.39 is 0 Å². The van der Waals surface area contributed by atoms with E-state index in [9.17, 15) is 4.79 Å². The van der Waals surface area contributed by atoms with Gasteiger partial charge in [0.05, 0.1) is 11.0 Å². The highest BCUT2D eigenvalue weighted by Crippen LogP contribution is 2.21. The van der Waals surface area contributed by atoms with E-state index in [1.807, 2.05) is 32.9 Å². The number of nitrogens with one attached hydrogen (secondary N) is 1. The van der Waals surface area contributed by atoms with Gasteiger partial charge in [0.1, 0.15) is 0 Å². The molecular formula is C11H15BrN2O. The Morgan fingerprint density at radius 3 is 2.53 bits per heavy atom. The lowest BCUT2D eigenvalue weighted by Crippen LogP contribution is -2.11. The number of hydrogen-bond acceptors (Lipinski definition) is 1. The number of rotatable bonds is 0. The van der Waals surface area contributed by atoms with Crippen molar-refractivity contribution >= 4 is 27.0 Å². The molecule has 1 aromatic heterocycles. The Kier molecular flexibility index (Phi) is 3.74. The predicted octanol–water partition coefficient (Wildman–Crippen LogP) is 2.96. The minimum absolute atomic E-state index is 0.0764. The Bertz CT molecular complexity index is 525. The molecule has 3 nitrogen and oxygen atoms in total. The number of imidazole rings is 1. The highest BCUT2D eigenvalue weighted by Gasteiger charge is 2.04. The molecule has 0 unspecified atom stereocenters. The first kappa shape index (κ1) is 12.0. The molecule has 82 valence electrons. The van der Waals surface area contributed by atoms with E-state index in [4.69, 9.17) is 0 Å². The van der Waals surface area contributed by atoms with Gasteiger partial charge in [-0.3, -0.25) is 4.57 Å². The van der Waals surface area contributed by atoms with Gasteiger partial charge in [0, 0.05) is 11.5 Å². The van der Waals surface area contributed by atoms with Crippen LogP contribution in [0.2, 0.25) is 0 Å². The molecule has 0 saturated carbocycles. The molecule has 2 aromatic rings. The number of H-pyrrole nitrogens is 1. The lowest BCUT2D eigenvalue weighted by atomic mass is 10.2. The van der Waals surface area contributed by atoms with Crippen LogP contribution in [0.3, 0.4) is 0 Å². The van der Waals surface area contributed by atoms with Crippen LogP contribution in [-0.2, 0) is 7.05 Å². The predicted molar refractivity (Wildman–Crippen MR) is 67.3 cm³/mol. The van der Waals surface area contributed by atoms with Crippen molar-refractivity contribution in [3.8, 4) is 0 Å². The third-order valence-electron chi connectivity index (χ3n) is 2.18. The molecule has 0 fully saturated rings. The van der Waals surface area contributed by atoms with Crippen molar-refractivity contribution in [3.63, 3.8) is 0 Å². The van der Waals surface area contributed by atoms with Gasteiger partial charge in [-0.25, -0.2) is 4.79 Å². The Labute approximate surface area is 97.2 Å². The summed E-state index contributed by atoms with van der Waals surface area (Å²) in [4.78, 5) is 14.0. The average molecular weight is 271 g/mol. The smallest absolute Gasteiger partial charge is 0.306 e. The third-order valence-corrected chi connectivity index (χ3v) is 3.04. The Hall–Kier alpha value is -1.03. The number of aromatic nitrogens is 2. The Balaban J connectivity index is 0.000000531. The summed E-state index contributed by atoms with van der Waals surface area (Å²) in [5, 5.41) is 0. The fourth-order valence-electron chi connectivity index (χ4n) is 1.36. The molecule has 0 atom stereocenters. The van der Waals surface area contributed by atoms with E-state index >= 15 is 0 Å². The standard InChI is InChI=1S/C9H9BrN2O.C2H6/c1-5-3-7-8(4-6(5)10)12(2)9(13)11-7;1-2/h3-4H,1-2H3,(H,11,13);1-2H3. The normalized spacial score (nSPS) is 9.93. The maximum Gasteiger partial charge on any atom is 0.326 e. The van der Waals surface area contributed by atoms with E-state index in [1.54, 1.807) is 11.6 Å². The van der Waals surface area contributed by atoms with Crippen LogP contribution in [0.4, 0.5) is 0 Å².